The first kappa shape index (κ1) is 15.2. The van der Waals surface area contributed by atoms with Gasteiger partial charge in [-0.2, -0.15) is 0 Å². The largest absolute Gasteiger partial charge is 0.345 e. The van der Waals surface area contributed by atoms with E-state index in [4.69, 9.17) is 5.14 Å². The van der Waals surface area contributed by atoms with Crippen LogP contribution < -0.4 is 10.5 Å². The number of nitrogens with two attached hydrogens (primary N) is 1. The summed E-state index contributed by atoms with van der Waals surface area (Å²) in [7, 11) is -3.75. The SMILES string of the molecule is Cc1ccc([C@H](C)NC(=O)c2csc(S(N)(=O)=O)c2)s1. The van der Waals surface area contributed by atoms with Crippen molar-refractivity contribution in [2.24, 2.45) is 5.14 Å². The van der Waals surface area contributed by atoms with Crippen LogP contribution in [0.25, 0.3) is 0 Å². The van der Waals surface area contributed by atoms with Gasteiger partial charge in [0.1, 0.15) is 4.21 Å². The van der Waals surface area contributed by atoms with Crippen molar-refractivity contribution in [3.8, 4) is 0 Å². The van der Waals surface area contributed by atoms with E-state index < -0.39 is 10.0 Å². The second-order valence-corrected chi connectivity index (χ2v) is 8.36. The van der Waals surface area contributed by atoms with Gasteiger partial charge in [0, 0.05) is 15.1 Å². The van der Waals surface area contributed by atoms with Gasteiger partial charge in [0.25, 0.3) is 5.91 Å². The van der Waals surface area contributed by atoms with Gasteiger partial charge in [0.05, 0.1) is 11.6 Å². The molecule has 3 N–H and O–H groups in total. The maximum Gasteiger partial charge on any atom is 0.252 e. The van der Waals surface area contributed by atoms with Crippen molar-refractivity contribution in [3.63, 3.8) is 0 Å². The molecule has 0 unspecified atom stereocenters. The van der Waals surface area contributed by atoms with Crippen LogP contribution in [0.5, 0.6) is 0 Å². The summed E-state index contributed by atoms with van der Waals surface area (Å²) in [6, 6.07) is 5.13. The molecule has 0 aliphatic rings. The average Bonchev–Trinajstić information content (AvgIpc) is 2.95. The molecule has 2 rings (SSSR count). The van der Waals surface area contributed by atoms with Crippen molar-refractivity contribution < 1.29 is 13.2 Å². The van der Waals surface area contributed by atoms with Gasteiger partial charge in [-0.15, -0.1) is 22.7 Å². The number of hydrogen-bond donors (Lipinski definition) is 2. The van der Waals surface area contributed by atoms with Crippen LogP contribution in [0.2, 0.25) is 0 Å². The van der Waals surface area contributed by atoms with Crippen LogP contribution in [-0.4, -0.2) is 14.3 Å². The fourth-order valence-corrected chi connectivity index (χ4v) is 4.09. The minimum atomic E-state index is -3.75. The third kappa shape index (κ3) is 3.45. The van der Waals surface area contributed by atoms with Gasteiger partial charge in [0.2, 0.25) is 10.0 Å². The van der Waals surface area contributed by atoms with Crippen molar-refractivity contribution in [2.45, 2.75) is 24.1 Å². The summed E-state index contributed by atoms with van der Waals surface area (Å²) in [4.78, 5) is 14.3. The van der Waals surface area contributed by atoms with Crippen molar-refractivity contribution in [2.75, 3.05) is 0 Å². The maximum absolute atomic E-state index is 12.0. The molecular weight excluding hydrogens is 316 g/mol. The van der Waals surface area contributed by atoms with E-state index in [2.05, 4.69) is 5.32 Å². The zero-order valence-electron chi connectivity index (χ0n) is 10.9. The highest BCUT2D eigenvalue weighted by Gasteiger charge is 2.17. The summed E-state index contributed by atoms with van der Waals surface area (Å²) in [5, 5.41) is 9.34. The molecule has 0 aliphatic carbocycles. The number of sulfonamides is 1. The lowest BCUT2D eigenvalue weighted by atomic mass is 10.2. The minimum Gasteiger partial charge on any atom is -0.345 e. The van der Waals surface area contributed by atoms with Gasteiger partial charge >= 0.3 is 0 Å². The van der Waals surface area contributed by atoms with E-state index >= 15 is 0 Å². The van der Waals surface area contributed by atoms with Gasteiger partial charge in [-0.3, -0.25) is 4.79 Å². The molecule has 2 aromatic heterocycles. The first-order valence-electron chi connectivity index (χ1n) is 5.76. The summed E-state index contributed by atoms with van der Waals surface area (Å²) >= 11 is 2.56. The Kier molecular flexibility index (Phi) is 4.28. The Labute approximate surface area is 125 Å². The number of nitrogens with one attached hydrogen (secondary N) is 1. The first-order valence-corrected chi connectivity index (χ1v) is 9.00. The third-order valence-electron chi connectivity index (χ3n) is 2.65. The minimum absolute atomic E-state index is 0.0118. The molecule has 5 nitrogen and oxygen atoms in total. The molecule has 8 heteroatoms. The second kappa shape index (κ2) is 5.65. The van der Waals surface area contributed by atoms with Crippen LogP contribution in [0.3, 0.4) is 0 Å². The van der Waals surface area contributed by atoms with Gasteiger partial charge in [0.15, 0.2) is 0 Å². The molecule has 0 aromatic carbocycles. The predicted octanol–water partition coefficient (Wildman–Crippen LogP) is 2.26. The second-order valence-electron chi connectivity index (χ2n) is 4.34. The Balaban J connectivity index is 2.10. The third-order valence-corrected chi connectivity index (χ3v) is 6.22. The van der Waals surface area contributed by atoms with Crippen LogP contribution in [0.15, 0.2) is 27.8 Å². The van der Waals surface area contributed by atoms with Gasteiger partial charge in [-0.25, -0.2) is 13.6 Å². The fourth-order valence-electron chi connectivity index (χ4n) is 1.62. The Hall–Kier alpha value is -1.22. The van der Waals surface area contributed by atoms with Crippen LogP contribution in [0.4, 0.5) is 0 Å². The topological polar surface area (TPSA) is 89.3 Å². The molecule has 0 fully saturated rings. The molecule has 0 bridgehead atoms. The summed E-state index contributed by atoms with van der Waals surface area (Å²) in [6.07, 6.45) is 0. The maximum atomic E-state index is 12.0. The molecule has 1 atom stereocenters. The Morgan fingerprint density at radius 3 is 2.60 bits per heavy atom. The molecule has 2 heterocycles. The number of carbonyl (C=O) groups excluding carboxylic acids is 1. The lowest BCUT2D eigenvalue weighted by Crippen LogP contribution is -2.25. The van der Waals surface area contributed by atoms with Crippen LogP contribution >= 0.6 is 22.7 Å². The molecule has 20 heavy (non-hydrogen) atoms. The van der Waals surface area contributed by atoms with Crippen LogP contribution in [-0.2, 0) is 10.0 Å². The van der Waals surface area contributed by atoms with Gasteiger partial charge < -0.3 is 5.32 Å². The molecule has 0 spiro atoms. The van der Waals surface area contributed by atoms with E-state index in [0.717, 1.165) is 16.2 Å². The van der Waals surface area contributed by atoms with E-state index in [1.165, 1.54) is 16.3 Å². The van der Waals surface area contributed by atoms with Crippen LogP contribution in [0, 0.1) is 6.92 Å². The highest BCUT2D eigenvalue weighted by molar-refractivity contribution is 7.91. The molecule has 0 saturated carbocycles. The Bertz CT molecular complexity index is 731. The lowest BCUT2D eigenvalue weighted by molar-refractivity contribution is 0.0941. The Morgan fingerprint density at radius 1 is 1.40 bits per heavy atom. The summed E-state index contributed by atoms with van der Waals surface area (Å²) in [5.74, 6) is -0.310. The van der Waals surface area contributed by atoms with Crippen molar-refractivity contribution in [1.82, 2.24) is 5.32 Å². The predicted molar refractivity (Wildman–Crippen MR) is 80.6 cm³/mol. The number of carbonyl (C=O) groups is 1. The molecule has 108 valence electrons. The quantitative estimate of drug-likeness (QED) is 0.901. The molecule has 1 amide bonds. The molecule has 0 saturated heterocycles. The van der Waals surface area contributed by atoms with Gasteiger partial charge in [-0.1, -0.05) is 0 Å². The highest BCUT2D eigenvalue weighted by Crippen LogP contribution is 2.24. The van der Waals surface area contributed by atoms with E-state index in [1.54, 1.807) is 11.3 Å². The number of aryl methyl sites for hydroxylation is 1. The van der Waals surface area contributed by atoms with E-state index in [9.17, 15) is 13.2 Å². The summed E-state index contributed by atoms with van der Waals surface area (Å²) in [5.41, 5.74) is 0.305. The average molecular weight is 330 g/mol. The molecule has 0 radical (unpaired) electrons. The number of amides is 1. The number of primary sulfonamides is 1. The lowest BCUT2D eigenvalue weighted by Gasteiger charge is -2.11. The molecular formula is C12H14N2O3S3. The van der Waals surface area contributed by atoms with Gasteiger partial charge in [-0.05, 0) is 32.0 Å². The van der Waals surface area contributed by atoms with Crippen molar-refractivity contribution >= 4 is 38.6 Å². The number of hydrogen-bond acceptors (Lipinski definition) is 5. The Morgan fingerprint density at radius 2 is 2.10 bits per heavy atom. The smallest absolute Gasteiger partial charge is 0.252 e. The highest BCUT2D eigenvalue weighted by atomic mass is 32.2. The zero-order chi connectivity index (χ0) is 14.9. The normalized spacial score (nSPS) is 13.2. The van der Waals surface area contributed by atoms with Crippen molar-refractivity contribution in [3.05, 3.63) is 38.9 Å². The standard InChI is InChI=1S/C12H14N2O3S3/c1-7-3-4-10(19-7)8(2)14-12(15)9-5-11(18-6-9)20(13,16)17/h3-6,8H,1-2H3,(H,14,15)(H2,13,16,17)/t8-/m0/s1. The van der Waals surface area contributed by atoms with E-state index in [-0.39, 0.29) is 16.2 Å². The molecule has 2 aromatic rings. The van der Waals surface area contributed by atoms with E-state index in [0.29, 0.717) is 5.56 Å². The first-order chi connectivity index (χ1) is 9.27. The fraction of sp³-hybridized carbons (Fsp3) is 0.250. The summed E-state index contributed by atoms with van der Waals surface area (Å²) in [6.45, 7) is 3.89. The monoisotopic (exact) mass is 330 g/mol. The summed E-state index contributed by atoms with van der Waals surface area (Å²) < 4.78 is 22.3. The molecule has 0 aliphatic heterocycles. The van der Waals surface area contributed by atoms with E-state index in [1.807, 2.05) is 26.0 Å². The van der Waals surface area contributed by atoms with Crippen LogP contribution in [0.1, 0.15) is 33.1 Å². The van der Waals surface area contributed by atoms with Crippen molar-refractivity contribution in [1.29, 1.82) is 0 Å². The number of rotatable bonds is 4. The number of thiophene rings is 2. The zero-order valence-corrected chi connectivity index (χ0v) is 13.4.